The van der Waals surface area contributed by atoms with Gasteiger partial charge in [0.25, 0.3) is 0 Å². The van der Waals surface area contributed by atoms with Crippen LogP contribution < -0.4 is 0 Å². The fourth-order valence-electron chi connectivity index (χ4n) is 8.68. The number of esters is 1. The van der Waals surface area contributed by atoms with E-state index in [0.717, 1.165) is 44.1 Å². The van der Waals surface area contributed by atoms with Crippen molar-refractivity contribution in [3.8, 4) is 0 Å². The van der Waals surface area contributed by atoms with Gasteiger partial charge < -0.3 is 4.74 Å². The zero-order valence-electron chi connectivity index (χ0n) is 25.8. The van der Waals surface area contributed by atoms with Crippen molar-refractivity contribution < 1.29 is 23.5 Å². The number of allylic oxidation sites excluding steroid dienone is 4. The van der Waals surface area contributed by atoms with Gasteiger partial charge in [0.1, 0.15) is 0 Å². The van der Waals surface area contributed by atoms with E-state index in [1.807, 2.05) is 20.8 Å². The van der Waals surface area contributed by atoms with Crippen molar-refractivity contribution in [2.75, 3.05) is 7.11 Å². The molecule has 0 bridgehead atoms. The lowest BCUT2D eigenvalue weighted by molar-refractivity contribution is -0.162. The third kappa shape index (κ3) is 4.74. The van der Waals surface area contributed by atoms with E-state index >= 15 is 4.39 Å². The highest BCUT2D eigenvalue weighted by molar-refractivity contribution is 5.99. The molecule has 0 N–H and O–H groups in total. The van der Waals surface area contributed by atoms with Crippen LogP contribution in [0.15, 0.2) is 23.6 Å². The number of hydrogen-bond donors (Lipinski definition) is 0. The Morgan fingerprint density at radius 3 is 2.24 bits per heavy atom. The molecule has 0 saturated heterocycles. The van der Waals surface area contributed by atoms with Crippen LogP contribution in [0.4, 0.5) is 4.39 Å². The molecule has 0 amide bonds. The predicted octanol–water partition coefficient (Wildman–Crippen LogP) is 8.20. The molecule has 3 rings (SSSR count). The molecule has 2 saturated carbocycles. The van der Waals surface area contributed by atoms with Crippen LogP contribution in [-0.4, -0.2) is 24.6 Å². The number of ether oxygens (including phenoxy) is 1. The summed E-state index contributed by atoms with van der Waals surface area (Å²) in [5.74, 6) is -1.23. The third-order valence-electron chi connectivity index (χ3n) is 11.6. The zero-order chi connectivity index (χ0) is 29.1. The molecule has 38 heavy (non-hydrogen) atoms. The highest BCUT2D eigenvalue weighted by atomic mass is 19.1. The van der Waals surface area contributed by atoms with E-state index in [0.29, 0.717) is 6.42 Å². The Balaban J connectivity index is 2.06. The number of carbonyl (C=O) groups excluding carboxylic acids is 3. The quantitative estimate of drug-likeness (QED) is 0.256. The molecule has 0 aromatic heterocycles. The summed E-state index contributed by atoms with van der Waals surface area (Å²) in [5.41, 5.74) is -1.75. The van der Waals surface area contributed by atoms with Crippen LogP contribution in [0, 0.1) is 44.3 Å². The molecule has 0 aromatic carbocycles. The van der Waals surface area contributed by atoms with E-state index in [1.54, 1.807) is 13.0 Å². The van der Waals surface area contributed by atoms with Crippen molar-refractivity contribution in [3.63, 3.8) is 0 Å². The maximum atomic E-state index is 15.2. The van der Waals surface area contributed by atoms with Gasteiger partial charge in [0, 0.05) is 10.8 Å². The van der Waals surface area contributed by atoms with Crippen LogP contribution in [0.5, 0.6) is 0 Å². The Kier molecular flexibility index (Phi) is 7.85. The second kappa shape index (κ2) is 9.70. The number of Topliss-reactive ketones (excluding diaryl/α,β-unsaturated/α-hetero) is 1. The number of methoxy groups -OCH3 is 1. The molecule has 5 atom stereocenters. The average molecular weight is 531 g/mol. The predicted molar refractivity (Wildman–Crippen MR) is 150 cm³/mol. The topological polar surface area (TPSA) is 60.4 Å². The van der Waals surface area contributed by atoms with Crippen LogP contribution in [0.25, 0.3) is 0 Å². The van der Waals surface area contributed by atoms with Crippen molar-refractivity contribution in [1.29, 1.82) is 0 Å². The number of carbonyl (C=O) groups is 3. The zero-order valence-corrected chi connectivity index (χ0v) is 25.8. The van der Waals surface area contributed by atoms with Gasteiger partial charge in [-0.25, -0.2) is 4.39 Å². The minimum atomic E-state index is -0.853. The lowest BCUT2D eigenvalue weighted by Gasteiger charge is -2.61. The lowest BCUT2D eigenvalue weighted by Crippen LogP contribution is -2.55. The molecule has 0 aromatic rings. The van der Waals surface area contributed by atoms with Crippen molar-refractivity contribution in [1.82, 2.24) is 0 Å². The number of hydrogen-bond acceptors (Lipinski definition) is 4. The molecular formula is C33H51FO4. The largest absolute Gasteiger partial charge is 0.469 e. The van der Waals surface area contributed by atoms with E-state index in [1.165, 1.54) is 13.2 Å². The van der Waals surface area contributed by atoms with Gasteiger partial charge in [-0.3, -0.25) is 14.4 Å². The molecule has 0 radical (unpaired) electrons. The van der Waals surface area contributed by atoms with Crippen molar-refractivity contribution >= 4 is 17.5 Å². The molecule has 4 nitrogen and oxygen atoms in total. The highest BCUT2D eigenvalue weighted by Crippen LogP contribution is 2.67. The van der Waals surface area contributed by atoms with E-state index in [2.05, 4.69) is 41.5 Å². The normalized spacial score (nSPS) is 37.8. The van der Waals surface area contributed by atoms with Crippen LogP contribution in [0.2, 0.25) is 0 Å². The molecular weight excluding hydrogens is 479 g/mol. The molecule has 3 aliphatic rings. The Bertz CT molecular complexity index is 1060. The van der Waals surface area contributed by atoms with Crippen molar-refractivity contribution in [2.24, 2.45) is 44.3 Å². The number of fused-ring (bicyclic) bond motifs is 1. The number of ketones is 2. The van der Waals surface area contributed by atoms with Gasteiger partial charge in [-0.15, -0.1) is 0 Å². The summed E-state index contributed by atoms with van der Waals surface area (Å²) in [5, 5.41) is 0. The first kappa shape index (κ1) is 30.8. The van der Waals surface area contributed by atoms with Gasteiger partial charge in [0.05, 0.1) is 12.5 Å². The first-order valence-electron chi connectivity index (χ1n) is 14.4. The van der Waals surface area contributed by atoms with Gasteiger partial charge >= 0.3 is 5.97 Å². The first-order valence-corrected chi connectivity index (χ1v) is 14.4. The second-order valence-electron chi connectivity index (χ2n) is 15.2. The van der Waals surface area contributed by atoms with Crippen molar-refractivity contribution in [3.05, 3.63) is 23.6 Å². The lowest BCUT2D eigenvalue weighted by atomic mass is 9.42. The summed E-state index contributed by atoms with van der Waals surface area (Å²) < 4.78 is 20.6. The smallest absolute Gasteiger partial charge is 0.312 e. The summed E-state index contributed by atoms with van der Waals surface area (Å²) in [6.07, 6.45) is 9.01. The molecule has 5 heteroatoms. The maximum absolute atomic E-state index is 15.2. The van der Waals surface area contributed by atoms with Crippen molar-refractivity contribution in [2.45, 2.75) is 114 Å². The SMILES string of the molecule is COC(=O)[C@]1(CCC(C)(C)[C@]2(C)CC[C@H]3C(C)(C)C(=O)C(F)=C[C@]3(C)/C2=C/C(C)=O)CCC(C)(C)CC1C. The van der Waals surface area contributed by atoms with Gasteiger partial charge in [-0.2, -0.15) is 0 Å². The van der Waals surface area contributed by atoms with Crippen LogP contribution in [-0.2, 0) is 19.1 Å². The molecule has 0 spiro atoms. The number of halogens is 1. The maximum Gasteiger partial charge on any atom is 0.312 e. The van der Waals surface area contributed by atoms with Crippen LogP contribution in [0.3, 0.4) is 0 Å². The molecule has 214 valence electrons. The Hall–Kier alpha value is -1.78. The minimum Gasteiger partial charge on any atom is -0.469 e. The molecule has 2 fully saturated rings. The van der Waals surface area contributed by atoms with Gasteiger partial charge in [0.2, 0.25) is 0 Å². The summed E-state index contributed by atoms with van der Waals surface area (Å²) in [4.78, 5) is 38.8. The summed E-state index contributed by atoms with van der Waals surface area (Å²) in [6.45, 7) is 20.6. The molecule has 0 aliphatic heterocycles. The van der Waals surface area contributed by atoms with E-state index in [4.69, 9.17) is 4.74 Å². The molecule has 0 heterocycles. The molecule has 1 unspecified atom stereocenters. The Labute approximate surface area is 230 Å². The van der Waals surface area contributed by atoms with Crippen LogP contribution >= 0.6 is 0 Å². The summed E-state index contributed by atoms with van der Waals surface area (Å²) in [6, 6.07) is 0. The standard InChI is InChI=1S/C33H51FO4/c1-21-19-28(3,4)14-16-33(21,27(37)38-11)17-15-29(5,6)32(10)13-12-24-30(7,8)26(36)23(34)20-31(24,9)25(32)18-22(2)35/h18,20-21,24H,12-17,19H2,1-11H3/b25-18-/t21?,24-,31-,32+,33-/m0/s1. The summed E-state index contributed by atoms with van der Waals surface area (Å²) in [7, 11) is 1.49. The van der Waals surface area contributed by atoms with Gasteiger partial charge in [0.15, 0.2) is 17.4 Å². The van der Waals surface area contributed by atoms with Gasteiger partial charge in [-0.1, -0.05) is 67.9 Å². The number of rotatable bonds is 6. The van der Waals surface area contributed by atoms with E-state index < -0.39 is 33.3 Å². The molecule has 3 aliphatic carbocycles. The second-order valence-corrected chi connectivity index (χ2v) is 15.2. The first-order chi connectivity index (χ1) is 17.2. The Morgan fingerprint density at radius 1 is 1.11 bits per heavy atom. The average Bonchev–Trinajstić information content (AvgIpc) is 2.78. The summed E-state index contributed by atoms with van der Waals surface area (Å²) >= 11 is 0. The van der Waals surface area contributed by atoms with E-state index in [9.17, 15) is 14.4 Å². The fraction of sp³-hybridized carbons (Fsp3) is 0.788. The minimum absolute atomic E-state index is 0.0680. The highest BCUT2D eigenvalue weighted by Gasteiger charge is 2.61. The van der Waals surface area contributed by atoms with Gasteiger partial charge in [-0.05, 0) is 92.1 Å². The van der Waals surface area contributed by atoms with Crippen LogP contribution in [0.1, 0.15) is 114 Å². The monoisotopic (exact) mass is 530 g/mol. The van der Waals surface area contributed by atoms with E-state index in [-0.39, 0.29) is 34.4 Å². The fourth-order valence-corrected chi connectivity index (χ4v) is 8.68. The Morgan fingerprint density at radius 2 is 1.71 bits per heavy atom. The third-order valence-corrected chi connectivity index (χ3v) is 11.6.